The zero-order valence-electron chi connectivity index (χ0n) is 6.62. The second kappa shape index (κ2) is 3.95. The summed E-state index contributed by atoms with van der Waals surface area (Å²) < 4.78 is 0. The highest BCUT2D eigenvalue weighted by atomic mass is 16.7. The van der Waals surface area contributed by atoms with Gasteiger partial charge in [0.1, 0.15) is 6.34 Å². The van der Waals surface area contributed by atoms with Gasteiger partial charge in [-0.1, -0.05) is 6.92 Å². The van der Waals surface area contributed by atoms with Crippen LogP contribution in [-0.4, -0.2) is 30.5 Å². The van der Waals surface area contributed by atoms with Gasteiger partial charge in [-0.2, -0.15) is 5.06 Å². The topological polar surface area (TPSA) is 41.9 Å². The Hall–Kier alpha value is -1.06. The van der Waals surface area contributed by atoms with E-state index in [0.717, 1.165) is 13.0 Å². The van der Waals surface area contributed by atoms with Crippen LogP contribution < -0.4 is 0 Å². The zero-order chi connectivity index (χ0) is 8.10. The molecule has 1 heterocycles. The molecular formula is C7H12N2O2. The third-order valence-electron chi connectivity index (χ3n) is 1.33. The van der Waals surface area contributed by atoms with Crippen molar-refractivity contribution in [3.8, 4) is 0 Å². The van der Waals surface area contributed by atoms with Crippen molar-refractivity contribution >= 4 is 12.3 Å². The predicted octanol–water partition coefficient (Wildman–Crippen LogP) is 0.589. The Morgan fingerprint density at radius 1 is 1.82 bits per heavy atom. The average Bonchev–Trinajstić information content (AvgIpc) is 2.40. The van der Waals surface area contributed by atoms with Crippen LogP contribution in [0.3, 0.4) is 0 Å². The summed E-state index contributed by atoms with van der Waals surface area (Å²) in [5.74, 6) is -0.180. The second-order valence-corrected chi connectivity index (χ2v) is 2.38. The van der Waals surface area contributed by atoms with Crippen molar-refractivity contribution < 1.29 is 9.63 Å². The van der Waals surface area contributed by atoms with Gasteiger partial charge in [0.25, 0.3) is 0 Å². The summed E-state index contributed by atoms with van der Waals surface area (Å²) >= 11 is 0. The summed E-state index contributed by atoms with van der Waals surface area (Å²) in [6, 6.07) is 0. The van der Waals surface area contributed by atoms with Crippen molar-refractivity contribution in [2.75, 3.05) is 13.1 Å². The van der Waals surface area contributed by atoms with Crippen molar-refractivity contribution in [1.82, 2.24) is 5.06 Å². The van der Waals surface area contributed by atoms with E-state index >= 15 is 0 Å². The number of nitrogens with zero attached hydrogens (tertiary/aromatic N) is 2. The molecule has 0 saturated heterocycles. The molecule has 62 valence electrons. The van der Waals surface area contributed by atoms with Crippen LogP contribution in [0.1, 0.15) is 19.8 Å². The van der Waals surface area contributed by atoms with E-state index in [9.17, 15) is 4.79 Å². The first-order chi connectivity index (χ1) is 5.33. The Kier molecular flexibility index (Phi) is 2.89. The molecule has 1 rings (SSSR count). The number of carbonyl (C=O) groups is 1. The fraction of sp³-hybridized carbons (Fsp3) is 0.714. The lowest BCUT2D eigenvalue weighted by molar-refractivity contribution is -0.170. The number of hydroxylamine groups is 2. The normalized spacial score (nSPS) is 15.5. The van der Waals surface area contributed by atoms with Gasteiger partial charge in [-0.25, -0.2) is 4.79 Å². The number of hydrogen-bond acceptors (Lipinski definition) is 4. The molecule has 0 bridgehead atoms. The van der Waals surface area contributed by atoms with Crippen molar-refractivity contribution in [2.45, 2.75) is 19.8 Å². The number of hydrogen-bond donors (Lipinski definition) is 0. The Labute approximate surface area is 65.8 Å². The molecule has 11 heavy (non-hydrogen) atoms. The van der Waals surface area contributed by atoms with Gasteiger partial charge in [0.15, 0.2) is 0 Å². The molecule has 0 amide bonds. The molecule has 4 heteroatoms. The highest BCUT2D eigenvalue weighted by molar-refractivity contribution is 5.70. The van der Waals surface area contributed by atoms with Crippen molar-refractivity contribution in [3.63, 3.8) is 0 Å². The maximum Gasteiger partial charge on any atom is 0.332 e. The molecule has 0 atom stereocenters. The van der Waals surface area contributed by atoms with E-state index in [-0.39, 0.29) is 5.97 Å². The first kappa shape index (κ1) is 8.04. The summed E-state index contributed by atoms with van der Waals surface area (Å²) in [7, 11) is 0. The number of aliphatic imine (C=N–C) groups is 1. The third-order valence-corrected chi connectivity index (χ3v) is 1.33. The van der Waals surface area contributed by atoms with E-state index < -0.39 is 0 Å². The van der Waals surface area contributed by atoms with Gasteiger partial charge in [-0.15, -0.1) is 0 Å². The Morgan fingerprint density at radius 2 is 2.64 bits per heavy atom. The minimum absolute atomic E-state index is 0.180. The van der Waals surface area contributed by atoms with E-state index in [1.54, 1.807) is 6.34 Å². The molecule has 0 unspecified atom stereocenters. The summed E-state index contributed by atoms with van der Waals surface area (Å²) in [6.07, 6.45) is 2.85. The third kappa shape index (κ3) is 2.57. The Bertz CT molecular complexity index is 168. The van der Waals surface area contributed by atoms with Gasteiger partial charge in [0.2, 0.25) is 0 Å². The van der Waals surface area contributed by atoms with E-state index in [2.05, 4.69) is 4.99 Å². The van der Waals surface area contributed by atoms with Gasteiger partial charge < -0.3 is 4.84 Å². The quantitative estimate of drug-likeness (QED) is 0.600. The molecule has 0 fully saturated rings. The van der Waals surface area contributed by atoms with Crippen LogP contribution in [0.2, 0.25) is 0 Å². The highest BCUT2D eigenvalue weighted by Crippen LogP contribution is 1.98. The van der Waals surface area contributed by atoms with Crippen LogP contribution >= 0.6 is 0 Å². The smallest absolute Gasteiger partial charge is 0.332 e. The standard InChI is InChI=1S/C7H12N2O2/c1-2-3-7(10)11-9-5-4-8-6-9/h6H,2-5H2,1H3. The van der Waals surface area contributed by atoms with E-state index in [0.29, 0.717) is 13.0 Å². The fourth-order valence-corrected chi connectivity index (χ4v) is 0.813. The molecular weight excluding hydrogens is 144 g/mol. The van der Waals surface area contributed by atoms with E-state index in [1.165, 1.54) is 5.06 Å². The van der Waals surface area contributed by atoms with Gasteiger partial charge in [-0.05, 0) is 6.42 Å². The maximum atomic E-state index is 10.9. The van der Waals surface area contributed by atoms with Crippen LogP contribution in [0.5, 0.6) is 0 Å². The number of rotatable bonds is 3. The molecule has 0 N–H and O–H groups in total. The van der Waals surface area contributed by atoms with Gasteiger partial charge in [0, 0.05) is 6.42 Å². The summed E-state index contributed by atoms with van der Waals surface area (Å²) in [5, 5.41) is 1.47. The lowest BCUT2D eigenvalue weighted by Crippen LogP contribution is -2.23. The van der Waals surface area contributed by atoms with Gasteiger partial charge in [-0.3, -0.25) is 4.99 Å². The summed E-state index contributed by atoms with van der Waals surface area (Å²) in [6.45, 7) is 3.36. The van der Waals surface area contributed by atoms with Crippen molar-refractivity contribution in [2.24, 2.45) is 4.99 Å². The maximum absolute atomic E-state index is 10.9. The van der Waals surface area contributed by atoms with Crippen molar-refractivity contribution in [3.05, 3.63) is 0 Å². The van der Waals surface area contributed by atoms with E-state index in [1.807, 2.05) is 6.92 Å². The molecule has 1 aliphatic heterocycles. The lowest BCUT2D eigenvalue weighted by atomic mass is 10.3. The van der Waals surface area contributed by atoms with Crippen LogP contribution in [0.25, 0.3) is 0 Å². The van der Waals surface area contributed by atoms with Crippen molar-refractivity contribution in [1.29, 1.82) is 0 Å². The first-order valence-electron chi connectivity index (χ1n) is 3.80. The molecule has 0 saturated carbocycles. The predicted molar refractivity (Wildman–Crippen MR) is 41.1 cm³/mol. The minimum Gasteiger partial charge on any atom is -0.340 e. The Balaban J connectivity index is 2.19. The molecule has 4 nitrogen and oxygen atoms in total. The number of carbonyl (C=O) groups excluding carboxylic acids is 1. The highest BCUT2D eigenvalue weighted by Gasteiger charge is 2.10. The Morgan fingerprint density at radius 3 is 3.18 bits per heavy atom. The van der Waals surface area contributed by atoms with Crippen LogP contribution in [-0.2, 0) is 9.63 Å². The average molecular weight is 156 g/mol. The molecule has 0 radical (unpaired) electrons. The SMILES string of the molecule is CCCC(=O)ON1C=NCC1. The molecule has 0 aliphatic carbocycles. The molecule has 0 aromatic heterocycles. The monoisotopic (exact) mass is 156 g/mol. The van der Waals surface area contributed by atoms with Crippen LogP contribution in [0.4, 0.5) is 0 Å². The van der Waals surface area contributed by atoms with E-state index in [4.69, 9.17) is 4.84 Å². The summed E-state index contributed by atoms with van der Waals surface area (Å²) in [4.78, 5) is 19.7. The molecule has 0 spiro atoms. The van der Waals surface area contributed by atoms with Gasteiger partial charge >= 0.3 is 5.97 Å². The second-order valence-electron chi connectivity index (χ2n) is 2.38. The molecule has 0 aromatic carbocycles. The first-order valence-corrected chi connectivity index (χ1v) is 3.80. The fourth-order valence-electron chi connectivity index (χ4n) is 0.813. The van der Waals surface area contributed by atoms with Crippen LogP contribution in [0.15, 0.2) is 4.99 Å². The molecule has 1 aliphatic rings. The van der Waals surface area contributed by atoms with Crippen LogP contribution in [0, 0.1) is 0 Å². The molecule has 0 aromatic rings. The largest absolute Gasteiger partial charge is 0.340 e. The van der Waals surface area contributed by atoms with Gasteiger partial charge in [0.05, 0.1) is 13.1 Å². The lowest BCUT2D eigenvalue weighted by Gasteiger charge is -2.11. The zero-order valence-corrected chi connectivity index (χ0v) is 6.62. The summed E-state index contributed by atoms with van der Waals surface area (Å²) in [5.41, 5.74) is 0. The minimum atomic E-state index is -0.180.